The van der Waals surface area contributed by atoms with Crippen LogP contribution in [-0.2, 0) is 4.79 Å². The summed E-state index contributed by atoms with van der Waals surface area (Å²) in [5.74, 6) is 0.941. The molecule has 6 rings (SSSR count). The zero-order valence-electron chi connectivity index (χ0n) is 16.1. The minimum atomic E-state index is -0.158. The van der Waals surface area contributed by atoms with E-state index in [9.17, 15) is 9.59 Å². The van der Waals surface area contributed by atoms with E-state index in [0.29, 0.717) is 36.2 Å². The molecular weight excluding hydrogens is 358 g/mol. The zero-order valence-corrected chi connectivity index (χ0v) is 16.1. The molecule has 2 bridgehead atoms. The second-order valence-electron chi connectivity index (χ2n) is 8.19. The van der Waals surface area contributed by atoms with Crippen molar-refractivity contribution in [3.63, 3.8) is 0 Å². The molecule has 28 heavy (non-hydrogen) atoms. The topological polar surface area (TPSA) is 81.9 Å². The van der Waals surface area contributed by atoms with Gasteiger partial charge in [-0.15, -0.1) is 0 Å². The molecule has 0 radical (unpaired) electrons. The van der Waals surface area contributed by atoms with Crippen LogP contribution >= 0.6 is 0 Å². The summed E-state index contributed by atoms with van der Waals surface area (Å²) in [5, 5.41) is 3.95. The Bertz CT molecular complexity index is 918. The number of piperazine rings is 1. The van der Waals surface area contributed by atoms with Crippen molar-refractivity contribution in [1.82, 2.24) is 20.1 Å². The van der Waals surface area contributed by atoms with Crippen molar-refractivity contribution in [1.29, 1.82) is 0 Å². The van der Waals surface area contributed by atoms with E-state index in [4.69, 9.17) is 4.42 Å². The predicted octanol–water partition coefficient (Wildman–Crippen LogP) is 0.930. The highest BCUT2D eigenvalue weighted by molar-refractivity contribution is 5.98. The molecular formula is C20H25N5O3. The maximum atomic E-state index is 12.7. The van der Waals surface area contributed by atoms with Crippen molar-refractivity contribution >= 4 is 28.7 Å². The number of pyridine rings is 1. The molecule has 4 fully saturated rings. The molecule has 0 aromatic carbocycles. The molecule has 8 nitrogen and oxygen atoms in total. The predicted molar refractivity (Wildman–Crippen MR) is 104 cm³/mol. The Balaban J connectivity index is 1.33. The number of anilines is 1. The van der Waals surface area contributed by atoms with Gasteiger partial charge in [-0.3, -0.25) is 24.4 Å². The van der Waals surface area contributed by atoms with Gasteiger partial charge in [-0.25, -0.2) is 0 Å². The smallest absolute Gasteiger partial charge is 0.270 e. The van der Waals surface area contributed by atoms with E-state index < -0.39 is 0 Å². The first kappa shape index (κ1) is 17.6. The molecule has 2 aromatic rings. The quantitative estimate of drug-likeness (QED) is 0.849. The van der Waals surface area contributed by atoms with Crippen LogP contribution < -0.4 is 10.2 Å². The Kier molecular flexibility index (Phi) is 4.32. The number of rotatable bonds is 3. The van der Waals surface area contributed by atoms with Gasteiger partial charge in [0.05, 0.1) is 6.54 Å². The van der Waals surface area contributed by atoms with E-state index >= 15 is 0 Å². The Labute approximate surface area is 163 Å². The van der Waals surface area contributed by atoms with E-state index in [0.717, 1.165) is 44.4 Å². The number of carbonyl (C=O) groups is 2. The van der Waals surface area contributed by atoms with Gasteiger partial charge in [0, 0.05) is 49.4 Å². The summed E-state index contributed by atoms with van der Waals surface area (Å²) in [5.41, 5.74) is 0.936. The van der Waals surface area contributed by atoms with Gasteiger partial charge in [0.1, 0.15) is 11.3 Å². The number of nitrogens with one attached hydrogen (secondary N) is 1. The van der Waals surface area contributed by atoms with Gasteiger partial charge in [0.2, 0.25) is 11.8 Å². The zero-order chi connectivity index (χ0) is 19.3. The first-order chi connectivity index (χ1) is 13.6. The first-order valence-corrected chi connectivity index (χ1v) is 9.98. The van der Waals surface area contributed by atoms with Crippen molar-refractivity contribution in [2.75, 3.05) is 51.2 Å². The molecule has 4 saturated heterocycles. The van der Waals surface area contributed by atoms with Gasteiger partial charge in [-0.2, -0.15) is 0 Å². The molecule has 1 N–H and O–H groups in total. The first-order valence-electron chi connectivity index (χ1n) is 9.98. The van der Waals surface area contributed by atoms with Crippen molar-refractivity contribution in [2.24, 2.45) is 5.92 Å². The molecule has 2 amide bonds. The Morgan fingerprint density at radius 3 is 2.75 bits per heavy atom. The molecule has 0 saturated carbocycles. The molecule has 8 heteroatoms. The second-order valence-corrected chi connectivity index (χ2v) is 8.19. The van der Waals surface area contributed by atoms with Crippen LogP contribution in [-0.4, -0.2) is 79.0 Å². The Morgan fingerprint density at radius 1 is 1.21 bits per heavy atom. The van der Waals surface area contributed by atoms with E-state index in [-0.39, 0.29) is 17.9 Å². The van der Waals surface area contributed by atoms with Gasteiger partial charge in [0.15, 0.2) is 0 Å². The number of hydrogen-bond acceptors (Lipinski definition) is 6. The van der Waals surface area contributed by atoms with E-state index in [1.54, 1.807) is 17.2 Å². The standard InChI is InChI=1S/C20H25N5O3/c1-23-6-7-25(18(26)12-23)19-8-14-10-21-15(9-17(14)28-19)20(27)22-16-11-24-4-2-13(16)3-5-24/h8-10,13,16H,2-7,11-12H2,1H3,(H,22,27)/t16-/m0/s1. The number of fused-ring (bicyclic) bond motifs is 4. The maximum absolute atomic E-state index is 12.7. The second kappa shape index (κ2) is 6.86. The van der Waals surface area contributed by atoms with Crippen LogP contribution in [0.15, 0.2) is 22.7 Å². The van der Waals surface area contributed by atoms with Crippen LogP contribution in [0.25, 0.3) is 11.0 Å². The monoisotopic (exact) mass is 383 g/mol. The molecule has 0 spiro atoms. The molecule has 0 unspecified atom stereocenters. The Morgan fingerprint density at radius 2 is 2.04 bits per heavy atom. The SMILES string of the molecule is CN1CCN(c2cc3cnc(C(=O)N[C@H]4CN5CCC4CC5)cc3o2)C(=O)C1. The van der Waals surface area contributed by atoms with Crippen LogP contribution in [0, 0.1) is 5.92 Å². The maximum Gasteiger partial charge on any atom is 0.270 e. The number of likely N-dealkylation sites (N-methyl/N-ethyl adjacent to an activating group) is 1. The average molecular weight is 383 g/mol. The number of hydrogen-bond donors (Lipinski definition) is 1. The minimum Gasteiger partial charge on any atom is -0.440 e. The van der Waals surface area contributed by atoms with Crippen molar-refractivity contribution in [2.45, 2.75) is 18.9 Å². The third kappa shape index (κ3) is 3.16. The molecule has 6 heterocycles. The molecule has 1 atom stereocenters. The summed E-state index contributed by atoms with van der Waals surface area (Å²) >= 11 is 0. The van der Waals surface area contributed by atoms with Gasteiger partial charge >= 0.3 is 0 Å². The number of furan rings is 1. The largest absolute Gasteiger partial charge is 0.440 e. The fourth-order valence-corrected chi connectivity index (χ4v) is 4.57. The van der Waals surface area contributed by atoms with Crippen molar-refractivity contribution < 1.29 is 14.0 Å². The highest BCUT2D eigenvalue weighted by atomic mass is 16.4. The lowest BCUT2D eigenvalue weighted by Crippen LogP contribution is -2.57. The minimum absolute atomic E-state index is 0.0149. The van der Waals surface area contributed by atoms with Gasteiger partial charge in [-0.1, -0.05) is 0 Å². The summed E-state index contributed by atoms with van der Waals surface area (Å²) in [6, 6.07) is 3.69. The van der Waals surface area contributed by atoms with Crippen molar-refractivity contribution in [3.05, 3.63) is 24.0 Å². The molecule has 0 aliphatic carbocycles. The lowest BCUT2D eigenvalue weighted by molar-refractivity contribution is -0.121. The van der Waals surface area contributed by atoms with Crippen LogP contribution in [0.2, 0.25) is 0 Å². The van der Waals surface area contributed by atoms with Crippen LogP contribution in [0.4, 0.5) is 5.88 Å². The number of amides is 2. The lowest BCUT2D eigenvalue weighted by Gasteiger charge is -2.44. The highest BCUT2D eigenvalue weighted by Gasteiger charge is 2.35. The van der Waals surface area contributed by atoms with Gasteiger partial charge in [-0.05, 0) is 38.9 Å². The summed E-state index contributed by atoms with van der Waals surface area (Å²) in [6.07, 6.45) is 3.95. The van der Waals surface area contributed by atoms with E-state index in [2.05, 4.69) is 15.2 Å². The summed E-state index contributed by atoms with van der Waals surface area (Å²) in [7, 11) is 1.93. The van der Waals surface area contributed by atoms with Crippen LogP contribution in [0.5, 0.6) is 0 Å². The number of nitrogens with zero attached hydrogens (tertiary/aromatic N) is 4. The average Bonchev–Trinajstić information content (AvgIpc) is 3.11. The summed E-state index contributed by atoms with van der Waals surface area (Å²) < 4.78 is 5.90. The number of piperidine rings is 3. The van der Waals surface area contributed by atoms with Crippen molar-refractivity contribution in [3.8, 4) is 0 Å². The summed E-state index contributed by atoms with van der Waals surface area (Å²) in [4.78, 5) is 35.4. The molecule has 2 aromatic heterocycles. The van der Waals surface area contributed by atoms with Gasteiger partial charge < -0.3 is 14.6 Å². The molecule has 148 valence electrons. The number of carbonyl (C=O) groups excluding carboxylic acids is 2. The normalized spacial score (nSPS) is 28.1. The van der Waals surface area contributed by atoms with Crippen LogP contribution in [0.3, 0.4) is 0 Å². The van der Waals surface area contributed by atoms with Crippen LogP contribution in [0.1, 0.15) is 23.3 Å². The molecule has 4 aliphatic rings. The third-order valence-electron chi connectivity index (χ3n) is 6.27. The highest BCUT2D eigenvalue weighted by Crippen LogP contribution is 2.29. The van der Waals surface area contributed by atoms with Gasteiger partial charge in [0.25, 0.3) is 5.91 Å². The third-order valence-corrected chi connectivity index (χ3v) is 6.27. The van der Waals surface area contributed by atoms with E-state index in [1.807, 2.05) is 18.0 Å². The fourth-order valence-electron chi connectivity index (χ4n) is 4.57. The molecule has 4 aliphatic heterocycles. The lowest BCUT2D eigenvalue weighted by atomic mass is 9.84. The van der Waals surface area contributed by atoms with E-state index in [1.165, 1.54) is 0 Å². The number of aromatic nitrogens is 1. The Hall–Kier alpha value is -2.45. The summed E-state index contributed by atoms with van der Waals surface area (Å²) in [6.45, 7) is 4.98. The fraction of sp³-hybridized carbons (Fsp3) is 0.550.